The Kier molecular flexibility index (Phi) is 4.91. The number of carbonyl (C=O) groups excluding carboxylic acids is 1. The molecule has 0 spiro atoms. The van der Waals surface area contributed by atoms with Gasteiger partial charge in [-0.15, -0.1) is 0 Å². The van der Waals surface area contributed by atoms with E-state index in [1.807, 2.05) is 24.1 Å². The SMILES string of the molecule is CNc1cccc(C(=O)N2CCC(Cc3ccccc3)CC2)n1. The summed E-state index contributed by atoms with van der Waals surface area (Å²) in [6.07, 6.45) is 3.23. The molecule has 23 heavy (non-hydrogen) atoms. The van der Waals surface area contributed by atoms with Crippen LogP contribution in [0.15, 0.2) is 48.5 Å². The van der Waals surface area contributed by atoms with Gasteiger partial charge in [-0.2, -0.15) is 0 Å². The number of rotatable bonds is 4. The maximum Gasteiger partial charge on any atom is 0.272 e. The topological polar surface area (TPSA) is 45.2 Å². The maximum absolute atomic E-state index is 12.6. The van der Waals surface area contributed by atoms with Gasteiger partial charge in [-0.1, -0.05) is 36.4 Å². The van der Waals surface area contributed by atoms with E-state index >= 15 is 0 Å². The molecule has 0 unspecified atom stereocenters. The Morgan fingerprint density at radius 1 is 1.13 bits per heavy atom. The van der Waals surface area contributed by atoms with Crippen LogP contribution in [0, 0.1) is 5.92 Å². The first-order chi connectivity index (χ1) is 11.3. The number of piperidine rings is 1. The van der Waals surface area contributed by atoms with Crippen molar-refractivity contribution in [1.82, 2.24) is 9.88 Å². The summed E-state index contributed by atoms with van der Waals surface area (Å²) in [6, 6.07) is 16.1. The zero-order valence-electron chi connectivity index (χ0n) is 13.5. The monoisotopic (exact) mass is 309 g/mol. The van der Waals surface area contributed by atoms with E-state index in [9.17, 15) is 4.79 Å². The molecule has 1 aliphatic rings. The largest absolute Gasteiger partial charge is 0.373 e. The van der Waals surface area contributed by atoms with Crippen molar-refractivity contribution >= 4 is 11.7 Å². The molecule has 4 heteroatoms. The summed E-state index contributed by atoms with van der Waals surface area (Å²) < 4.78 is 0. The van der Waals surface area contributed by atoms with Crippen LogP contribution in [0.4, 0.5) is 5.82 Å². The predicted molar refractivity (Wildman–Crippen MR) is 92.6 cm³/mol. The molecule has 1 aromatic heterocycles. The molecule has 1 N–H and O–H groups in total. The van der Waals surface area contributed by atoms with E-state index in [-0.39, 0.29) is 5.91 Å². The van der Waals surface area contributed by atoms with Crippen LogP contribution in [0.1, 0.15) is 28.9 Å². The summed E-state index contributed by atoms with van der Waals surface area (Å²) in [5, 5.41) is 2.98. The molecule has 4 nitrogen and oxygen atoms in total. The van der Waals surface area contributed by atoms with E-state index in [1.165, 1.54) is 5.56 Å². The molecule has 1 aromatic carbocycles. The van der Waals surface area contributed by atoms with Gasteiger partial charge < -0.3 is 10.2 Å². The van der Waals surface area contributed by atoms with Gasteiger partial charge in [-0.25, -0.2) is 4.98 Å². The van der Waals surface area contributed by atoms with Crippen LogP contribution in [0.3, 0.4) is 0 Å². The highest BCUT2D eigenvalue weighted by atomic mass is 16.2. The van der Waals surface area contributed by atoms with Crippen molar-refractivity contribution in [2.24, 2.45) is 5.92 Å². The van der Waals surface area contributed by atoms with Crippen LogP contribution in [0.5, 0.6) is 0 Å². The fourth-order valence-electron chi connectivity index (χ4n) is 3.14. The van der Waals surface area contributed by atoms with E-state index in [1.54, 1.807) is 6.07 Å². The minimum Gasteiger partial charge on any atom is -0.373 e. The smallest absolute Gasteiger partial charge is 0.272 e. The minimum atomic E-state index is 0.0419. The van der Waals surface area contributed by atoms with E-state index in [0.29, 0.717) is 11.6 Å². The van der Waals surface area contributed by atoms with Crippen molar-refractivity contribution in [2.45, 2.75) is 19.3 Å². The van der Waals surface area contributed by atoms with Gasteiger partial charge in [0.1, 0.15) is 11.5 Å². The third-order valence-electron chi connectivity index (χ3n) is 4.49. The van der Waals surface area contributed by atoms with Gasteiger partial charge in [-0.3, -0.25) is 4.79 Å². The average Bonchev–Trinajstić information content (AvgIpc) is 2.63. The Morgan fingerprint density at radius 2 is 1.87 bits per heavy atom. The lowest BCUT2D eigenvalue weighted by molar-refractivity contribution is 0.0685. The molecule has 0 aliphatic carbocycles. The third kappa shape index (κ3) is 3.89. The molecule has 1 saturated heterocycles. The predicted octanol–water partition coefficient (Wildman–Crippen LogP) is 3.22. The molecule has 1 fully saturated rings. The normalized spacial score (nSPS) is 15.4. The number of benzene rings is 1. The first kappa shape index (κ1) is 15.5. The number of hydrogen-bond acceptors (Lipinski definition) is 3. The minimum absolute atomic E-state index is 0.0419. The third-order valence-corrected chi connectivity index (χ3v) is 4.49. The molecular formula is C19H23N3O. The number of anilines is 1. The van der Waals surface area contributed by atoms with Crippen LogP contribution >= 0.6 is 0 Å². The van der Waals surface area contributed by atoms with Gasteiger partial charge in [0, 0.05) is 20.1 Å². The van der Waals surface area contributed by atoms with E-state index in [0.717, 1.165) is 38.2 Å². The van der Waals surface area contributed by atoms with Gasteiger partial charge in [0.15, 0.2) is 0 Å². The van der Waals surface area contributed by atoms with Crippen molar-refractivity contribution in [3.63, 3.8) is 0 Å². The van der Waals surface area contributed by atoms with Crippen molar-refractivity contribution in [3.05, 3.63) is 59.8 Å². The second-order valence-corrected chi connectivity index (χ2v) is 6.08. The van der Waals surface area contributed by atoms with E-state index in [2.05, 4.69) is 40.6 Å². The highest BCUT2D eigenvalue weighted by Crippen LogP contribution is 2.22. The van der Waals surface area contributed by atoms with Crippen LogP contribution in [0.25, 0.3) is 0 Å². The summed E-state index contributed by atoms with van der Waals surface area (Å²) in [5.74, 6) is 1.44. The summed E-state index contributed by atoms with van der Waals surface area (Å²) in [6.45, 7) is 1.64. The van der Waals surface area contributed by atoms with Crippen molar-refractivity contribution in [2.75, 3.05) is 25.5 Å². The molecule has 1 amide bonds. The molecular weight excluding hydrogens is 286 g/mol. The molecule has 3 rings (SSSR count). The lowest BCUT2D eigenvalue weighted by Gasteiger charge is -2.32. The fourth-order valence-corrected chi connectivity index (χ4v) is 3.14. The van der Waals surface area contributed by atoms with Gasteiger partial charge in [-0.05, 0) is 42.9 Å². The summed E-state index contributed by atoms with van der Waals surface area (Å²) >= 11 is 0. The summed E-state index contributed by atoms with van der Waals surface area (Å²) in [7, 11) is 1.81. The van der Waals surface area contributed by atoms with Crippen LogP contribution in [-0.2, 0) is 6.42 Å². The zero-order valence-corrected chi connectivity index (χ0v) is 13.5. The standard InChI is InChI=1S/C19H23N3O/c1-20-18-9-5-8-17(21-18)19(23)22-12-10-16(11-13-22)14-15-6-3-2-4-7-15/h2-9,16H,10-14H2,1H3,(H,20,21). The highest BCUT2D eigenvalue weighted by Gasteiger charge is 2.24. The van der Waals surface area contributed by atoms with Gasteiger partial charge in [0.2, 0.25) is 0 Å². The first-order valence-electron chi connectivity index (χ1n) is 8.24. The Hall–Kier alpha value is -2.36. The molecule has 1 aliphatic heterocycles. The van der Waals surface area contributed by atoms with Crippen molar-refractivity contribution in [1.29, 1.82) is 0 Å². The number of nitrogens with one attached hydrogen (secondary N) is 1. The fraction of sp³-hybridized carbons (Fsp3) is 0.368. The van der Waals surface area contributed by atoms with Crippen LogP contribution in [-0.4, -0.2) is 35.9 Å². The molecule has 0 bridgehead atoms. The number of carbonyl (C=O) groups is 1. The average molecular weight is 309 g/mol. The molecule has 0 saturated carbocycles. The van der Waals surface area contributed by atoms with E-state index < -0.39 is 0 Å². The zero-order chi connectivity index (χ0) is 16.1. The molecule has 0 atom stereocenters. The summed E-state index contributed by atoms with van der Waals surface area (Å²) in [4.78, 5) is 18.9. The number of hydrogen-bond donors (Lipinski definition) is 1. The Bertz CT molecular complexity index is 649. The van der Waals surface area contributed by atoms with E-state index in [4.69, 9.17) is 0 Å². The molecule has 0 radical (unpaired) electrons. The number of amides is 1. The van der Waals surface area contributed by atoms with Gasteiger partial charge in [0.05, 0.1) is 0 Å². The molecule has 120 valence electrons. The Balaban J connectivity index is 1.57. The quantitative estimate of drug-likeness (QED) is 0.943. The van der Waals surface area contributed by atoms with Crippen molar-refractivity contribution in [3.8, 4) is 0 Å². The first-order valence-corrected chi connectivity index (χ1v) is 8.24. The number of nitrogens with zero attached hydrogens (tertiary/aromatic N) is 2. The highest BCUT2D eigenvalue weighted by molar-refractivity contribution is 5.92. The lowest BCUT2D eigenvalue weighted by Crippen LogP contribution is -2.39. The number of pyridine rings is 1. The second-order valence-electron chi connectivity index (χ2n) is 6.08. The number of aromatic nitrogens is 1. The second kappa shape index (κ2) is 7.27. The molecule has 2 aromatic rings. The summed E-state index contributed by atoms with van der Waals surface area (Å²) in [5.41, 5.74) is 1.92. The molecule has 2 heterocycles. The van der Waals surface area contributed by atoms with Crippen LogP contribution in [0.2, 0.25) is 0 Å². The lowest BCUT2D eigenvalue weighted by atomic mass is 9.90. The van der Waals surface area contributed by atoms with Gasteiger partial charge >= 0.3 is 0 Å². The maximum atomic E-state index is 12.6. The Morgan fingerprint density at radius 3 is 2.57 bits per heavy atom. The Labute approximate surface area is 137 Å². The van der Waals surface area contributed by atoms with Gasteiger partial charge in [0.25, 0.3) is 5.91 Å². The van der Waals surface area contributed by atoms with Crippen LogP contribution < -0.4 is 5.32 Å². The van der Waals surface area contributed by atoms with Crippen molar-refractivity contribution < 1.29 is 4.79 Å². The number of likely N-dealkylation sites (tertiary alicyclic amines) is 1.